The number of carbonyl (C=O) groups is 2. The van der Waals surface area contributed by atoms with E-state index >= 15 is 0 Å². The SMILES string of the molecule is CNC(=O)c1ccc(NC(=O)Cn2ccccc2=O)cc1. The number of nitrogens with one attached hydrogen (secondary N) is 2. The summed E-state index contributed by atoms with van der Waals surface area (Å²) in [6.45, 7) is -0.0587. The van der Waals surface area contributed by atoms with Gasteiger partial charge in [-0.15, -0.1) is 0 Å². The van der Waals surface area contributed by atoms with E-state index in [0.717, 1.165) is 0 Å². The first-order valence-electron chi connectivity index (χ1n) is 6.37. The van der Waals surface area contributed by atoms with Crippen molar-refractivity contribution in [3.63, 3.8) is 0 Å². The lowest BCUT2D eigenvalue weighted by Crippen LogP contribution is -2.26. The minimum absolute atomic E-state index is 0.0587. The summed E-state index contributed by atoms with van der Waals surface area (Å²) < 4.78 is 1.31. The van der Waals surface area contributed by atoms with Crippen molar-refractivity contribution in [2.75, 3.05) is 12.4 Å². The van der Waals surface area contributed by atoms with Crippen molar-refractivity contribution in [2.24, 2.45) is 0 Å². The molecule has 0 fully saturated rings. The molecule has 0 atom stereocenters. The van der Waals surface area contributed by atoms with Gasteiger partial charge in [0.05, 0.1) is 0 Å². The number of benzene rings is 1. The van der Waals surface area contributed by atoms with Gasteiger partial charge in [-0.05, 0) is 30.3 Å². The monoisotopic (exact) mass is 285 g/mol. The van der Waals surface area contributed by atoms with Crippen molar-refractivity contribution >= 4 is 17.5 Å². The lowest BCUT2D eigenvalue weighted by molar-refractivity contribution is -0.116. The van der Waals surface area contributed by atoms with Gasteiger partial charge in [-0.2, -0.15) is 0 Å². The Hall–Kier alpha value is -2.89. The second kappa shape index (κ2) is 6.51. The summed E-state index contributed by atoms with van der Waals surface area (Å²) in [4.78, 5) is 34.7. The summed E-state index contributed by atoms with van der Waals surface area (Å²) in [5, 5.41) is 5.19. The molecule has 0 radical (unpaired) electrons. The van der Waals surface area contributed by atoms with Crippen LogP contribution in [0.2, 0.25) is 0 Å². The number of nitrogens with zero attached hydrogens (tertiary/aromatic N) is 1. The molecule has 6 nitrogen and oxygen atoms in total. The second-order valence-electron chi connectivity index (χ2n) is 4.37. The third-order valence-corrected chi connectivity index (χ3v) is 2.87. The number of pyridine rings is 1. The first-order valence-corrected chi connectivity index (χ1v) is 6.37. The maximum absolute atomic E-state index is 11.9. The highest BCUT2D eigenvalue weighted by Gasteiger charge is 2.06. The molecule has 2 N–H and O–H groups in total. The highest BCUT2D eigenvalue weighted by molar-refractivity contribution is 5.95. The summed E-state index contributed by atoms with van der Waals surface area (Å²) in [5.41, 5.74) is 0.842. The fourth-order valence-corrected chi connectivity index (χ4v) is 1.80. The summed E-state index contributed by atoms with van der Waals surface area (Å²) in [5.74, 6) is -0.500. The minimum atomic E-state index is -0.309. The smallest absolute Gasteiger partial charge is 0.251 e. The largest absolute Gasteiger partial charge is 0.355 e. The van der Waals surface area contributed by atoms with Crippen molar-refractivity contribution < 1.29 is 9.59 Å². The first kappa shape index (κ1) is 14.5. The highest BCUT2D eigenvalue weighted by atomic mass is 16.2. The minimum Gasteiger partial charge on any atom is -0.355 e. The molecule has 6 heteroatoms. The Labute approximate surface area is 121 Å². The van der Waals surface area contributed by atoms with Crippen LogP contribution in [0.3, 0.4) is 0 Å². The molecular weight excluding hydrogens is 270 g/mol. The molecule has 0 aliphatic heterocycles. The number of hydrogen-bond acceptors (Lipinski definition) is 3. The van der Waals surface area contributed by atoms with Gasteiger partial charge in [-0.1, -0.05) is 6.07 Å². The average molecular weight is 285 g/mol. The third-order valence-electron chi connectivity index (χ3n) is 2.87. The molecule has 0 saturated carbocycles. The number of rotatable bonds is 4. The van der Waals surface area contributed by atoms with Crippen LogP contribution in [0, 0.1) is 0 Å². The van der Waals surface area contributed by atoms with Crippen LogP contribution in [0.1, 0.15) is 10.4 Å². The van der Waals surface area contributed by atoms with Crippen LogP contribution in [0.5, 0.6) is 0 Å². The topological polar surface area (TPSA) is 80.2 Å². The Morgan fingerprint density at radius 3 is 2.43 bits per heavy atom. The van der Waals surface area contributed by atoms with Crippen molar-refractivity contribution in [3.05, 3.63) is 64.6 Å². The van der Waals surface area contributed by atoms with Gasteiger partial charge in [0.15, 0.2) is 0 Å². The van der Waals surface area contributed by atoms with Crippen molar-refractivity contribution in [3.8, 4) is 0 Å². The van der Waals surface area contributed by atoms with Gasteiger partial charge in [0.2, 0.25) is 5.91 Å². The Balaban J connectivity index is 2.01. The molecule has 1 heterocycles. The van der Waals surface area contributed by atoms with Crippen molar-refractivity contribution in [1.82, 2.24) is 9.88 Å². The van der Waals surface area contributed by atoms with E-state index in [9.17, 15) is 14.4 Å². The van der Waals surface area contributed by atoms with Crippen LogP contribution in [0.25, 0.3) is 0 Å². The number of carbonyl (C=O) groups excluding carboxylic acids is 2. The fraction of sp³-hybridized carbons (Fsp3) is 0.133. The zero-order valence-electron chi connectivity index (χ0n) is 11.5. The van der Waals surface area contributed by atoms with Gasteiger partial charge in [0.25, 0.3) is 11.5 Å². The normalized spacial score (nSPS) is 9.95. The molecular formula is C15H15N3O3. The van der Waals surface area contributed by atoms with Gasteiger partial charge in [-0.3, -0.25) is 14.4 Å². The van der Waals surface area contributed by atoms with E-state index in [0.29, 0.717) is 11.3 Å². The van der Waals surface area contributed by atoms with E-state index < -0.39 is 0 Å². The van der Waals surface area contributed by atoms with Gasteiger partial charge in [-0.25, -0.2) is 0 Å². The molecule has 2 aromatic rings. The molecule has 0 aliphatic rings. The molecule has 0 spiro atoms. The van der Waals surface area contributed by atoms with Crippen LogP contribution in [-0.4, -0.2) is 23.4 Å². The number of aromatic nitrogens is 1. The van der Waals surface area contributed by atoms with E-state index in [1.807, 2.05) is 0 Å². The van der Waals surface area contributed by atoms with Crippen LogP contribution in [-0.2, 0) is 11.3 Å². The maximum atomic E-state index is 11.9. The Morgan fingerprint density at radius 1 is 1.10 bits per heavy atom. The molecule has 0 unspecified atom stereocenters. The van der Waals surface area contributed by atoms with Gasteiger partial charge in [0, 0.05) is 30.6 Å². The number of anilines is 1. The standard InChI is InChI=1S/C15H15N3O3/c1-16-15(21)11-5-7-12(8-6-11)17-13(19)10-18-9-3-2-4-14(18)20/h2-9H,10H2,1H3,(H,16,21)(H,17,19). The van der Waals surface area contributed by atoms with E-state index in [1.165, 1.54) is 10.6 Å². The summed E-state index contributed by atoms with van der Waals surface area (Å²) >= 11 is 0. The van der Waals surface area contributed by atoms with E-state index in [4.69, 9.17) is 0 Å². The van der Waals surface area contributed by atoms with Gasteiger partial charge in [0.1, 0.15) is 6.54 Å². The highest BCUT2D eigenvalue weighted by Crippen LogP contribution is 2.09. The molecule has 1 aromatic heterocycles. The van der Waals surface area contributed by atoms with E-state index in [2.05, 4.69) is 10.6 Å². The van der Waals surface area contributed by atoms with Crippen molar-refractivity contribution in [1.29, 1.82) is 0 Å². The molecule has 0 bridgehead atoms. The molecule has 108 valence electrons. The maximum Gasteiger partial charge on any atom is 0.251 e. The second-order valence-corrected chi connectivity index (χ2v) is 4.37. The lowest BCUT2D eigenvalue weighted by Gasteiger charge is -2.07. The predicted molar refractivity (Wildman–Crippen MR) is 79.2 cm³/mol. The van der Waals surface area contributed by atoms with Gasteiger partial charge < -0.3 is 15.2 Å². The quantitative estimate of drug-likeness (QED) is 0.874. The zero-order chi connectivity index (χ0) is 15.2. The van der Waals surface area contributed by atoms with Crippen LogP contribution in [0.4, 0.5) is 5.69 Å². The Morgan fingerprint density at radius 2 is 1.81 bits per heavy atom. The van der Waals surface area contributed by atoms with Crippen LogP contribution in [0.15, 0.2) is 53.5 Å². The third kappa shape index (κ3) is 3.79. The van der Waals surface area contributed by atoms with Crippen LogP contribution < -0.4 is 16.2 Å². The Bertz CT molecular complexity index is 705. The average Bonchev–Trinajstić information content (AvgIpc) is 2.49. The summed E-state index contributed by atoms with van der Waals surface area (Å²) in [6, 6.07) is 11.2. The first-order chi connectivity index (χ1) is 10.1. The molecule has 2 rings (SSSR count). The van der Waals surface area contributed by atoms with E-state index in [-0.39, 0.29) is 23.9 Å². The van der Waals surface area contributed by atoms with E-state index in [1.54, 1.807) is 49.6 Å². The predicted octanol–water partition coefficient (Wildman–Crippen LogP) is 0.847. The molecule has 0 aliphatic carbocycles. The van der Waals surface area contributed by atoms with Gasteiger partial charge >= 0.3 is 0 Å². The molecule has 21 heavy (non-hydrogen) atoms. The molecule has 0 saturated heterocycles. The lowest BCUT2D eigenvalue weighted by atomic mass is 10.2. The molecule has 2 amide bonds. The summed E-state index contributed by atoms with van der Waals surface area (Å²) in [7, 11) is 1.55. The van der Waals surface area contributed by atoms with Crippen LogP contribution >= 0.6 is 0 Å². The Kier molecular flexibility index (Phi) is 4.50. The zero-order valence-corrected chi connectivity index (χ0v) is 11.5. The molecule has 1 aromatic carbocycles. The number of amides is 2. The summed E-state index contributed by atoms with van der Waals surface area (Å²) in [6.07, 6.45) is 1.55. The fourth-order valence-electron chi connectivity index (χ4n) is 1.80. The number of hydrogen-bond donors (Lipinski definition) is 2. The van der Waals surface area contributed by atoms with Crippen molar-refractivity contribution in [2.45, 2.75) is 6.54 Å².